The topological polar surface area (TPSA) is 42.4 Å². The van der Waals surface area contributed by atoms with Crippen LogP contribution in [-0.4, -0.2) is 16.7 Å². The molecular formula is C15H12ClNO2. The first-order valence-electron chi connectivity index (χ1n) is 5.70. The molecule has 0 amide bonds. The molecule has 1 aromatic heterocycles. The molecule has 1 heterocycles. The number of benzene rings is 1. The van der Waals surface area contributed by atoms with Gasteiger partial charge in [-0.05, 0) is 23.8 Å². The van der Waals surface area contributed by atoms with E-state index in [4.69, 9.17) is 21.4 Å². The monoisotopic (exact) mass is 273 g/mol. The number of aromatic nitrogens is 1. The summed E-state index contributed by atoms with van der Waals surface area (Å²) >= 11 is 5.90. The molecule has 1 N–H and O–H groups in total. The van der Waals surface area contributed by atoms with Gasteiger partial charge in [0.25, 0.3) is 0 Å². The highest BCUT2D eigenvalue weighted by Crippen LogP contribution is 2.15. The predicted octanol–water partition coefficient (Wildman–Crippen LogP) is 2.66. The first kappa shape index (κ1) is 13.4. The maximum Gasteiger partial charge on any atom is 0.139 e. The molecule has 3 nitrogen and oxygen atoms in total. The molecule has 0 aliphatic rings. The number of rotatable bonds is 3. The fourth-order valence-corrected chi connectivity index (χ4v) is 1.71. The first-order chi connectivity index (χ1) is 9.28. The first-order valence-corrected chi connectivity index (χ1v) is 6.08. The van der Waals surface area contributed by atoms with Gasteiger partial charge >= 0.3 is 0 Å². The van der Waals surface area contributed by atoms with Gasteiger partial charge < -0.3 is 9.84 Å². The molecule has 0 spiro atoms. The van der Waals surface area contributed by atoms with Crippen molar-refractivity contribution in [2.45, 2.75) is 6.61 Å². The number of halogens is 1. The van der Waals surface area contributed by atoms with Gasteiger partial charge in [0.2, 0.25) is 0 Å². The van der Waals surface area contributed by atoms with Crippen LogP contribution in [0.2, 0.25) is 5.02 Å². The predicted molar refractivity (Wildman–Crippen MR) is 74.0 cm³/mol. The van der Waals surface area contributed by atoms with Crippen LogP contribution < -0.4 is 4.74 Å². The van der Waals surface area contributed by atoms with E-state index in [1.165, 1.54) is 0 Å². The van der Waals surface area contributed by atoms with Crippen LogP contribution in [0, 0.1) is 11.8 Å². The zero-order valence-electron chi connectivity index (χ0n) is 10.1. The van der Waals surface area contributed by atoms with Gasteiger partial charge in [-0.3, -0.25) is 4.98 Å². The Hall–Kier alpha value is -2.02. The molecule has 2 aromatic rings. The van der Waals surface area contributed by atoms with E-state index in [2.05, 4.69) is 16.8 Å². The maximum atomic E-state index is 8.64. The molecule has 0 radical (unpaired) electrons. The molecule has 0 bridgehead atoms. The van der Waals surface area contributed by atoms with Gasteiger partial charge in [0.1, 0.15) is 19.0 Å². The van der Waals surface area contributed by atoms with Crippen molar-refractivity contribution >= 4 is 11.6 Å². The van der Waals surface area contributed by atoms with Gasteiger partial charge in [0.05, 0.1) is 6.20 Å². The van der Waals surface area contributed by atoms with E-state index >= 15 is 0 Å². The SMILES string of the molecule is OCC#Cc1cncc(OCc2cccc(Cl)c2)c1. The molecule has 0 aliphatic carbocycles. The van der Waals surface area contributed by atoms with Crippen LogP contribution in [0.3, 0.4) is 0 Å². The van der Waals surface area contributed by atoms with Crippen LogP contribution in [0.4, 0.5) is 0 Å². The minimum atomic E-state index is -0.173. The summed E-state index contributed by atoms with van der Waals surface area (Å²) in [5, 5.41) is 9.32. The highest BCUT2D eigenvalue weighted by atomic mass is 35.5. The maximum absolute atomic E-state index is 8.64. The highest BCUT2D eigenvalue weighted by Gasteiger charge is 1.98. The van der Waals surface area contributed by atoms with Gasteiger partial charge in [0, 0.05) is 16.8 Å². The van der Waals surface area contributed by atoms with Gasteiger partial charge in [0.15, 0.2) is 0 Å². The molecular weight excluding hydrogens is 262 g/mol. The Morgan fingerprint density at radius 3 is 2.95 bits per heavy atom. The Kier molecular flexibility index (Phi) is 4.79. The molecule has 0 fully saturated rings. The number of hydrogen-bond donors (Lipinski definition) is 1. The fourth-order valence-electron chi connectivity index (χ4n) is 1.50. The quantitative estimate of drug-likeness (QED) is 0.875. The second-order valence-corrected chi connectivity index (χ2v) is 4.22. The molecule has 96 valence electrons. The summed E-state index contributed by atoms with van der Waals surface area (Å²) in [6, 6.07) is 9.26. The summed E-state index contributed by atoms with van der Waals surface area (Å²) in [5.74, 6) is 5.97. The van der Waals surface area contributed by atoms with Crippen LogP contribution in [0.1, 0.15) is 11.1 Å². The summed E-state index contributed by atoms with van der Waals surface area (Å²) < 4.78 is 5.62. The lowest BCUT2D eigenvalue weighted by Gasteiger charge is -2.06. The molecule has 0 aliphatic heterocycles. The van der Waals surface area contributed by atoms with E-state index in [-0.39, 0.29) is 6.61 Å². The standard InChI is InChI=1S/C15H12ClNO2/c16-14-5-1-3-13(7-14)11-19-15-8-12(4-2-6-18)9-17-10-15/h1,3,5,7-10,18H,6,11H2. The molecule has 19 heavy (non-hydrogen) atoms. The van der Waals surface area contributed by atoms with Gasteiger partial charge in [-0.1, -0.05) is 35.6 Å². The van der Waals surface area contributed by atoms with E-state index in [1.807, 2.05) is 24.3 Å². The van der Waals surface area contributed by atoms with Crippen molar-refractivity contribution in [2.24, 2.45) is 0 Å². The largest absolute Gasteiger partial charge is 0.487 e. The molecule has 1 aromatic carbocycles. The van der Waals surface area contributed by atoms with Crippen LogP contribution in [-0.2, 0) is 6.61 Å². The fraction of sp³-hybridized carbons (Fsp3) is 0.133. The third-order valence-electron chi connectivity index (χ3n) is 2.32. The zero-order valence-corrected chi connectivity index (χ0v) is 10.9. The van der Waals surface area contributed by atoms with E-state index in [1.54, 1.807) is 18.5 Å². The van der Waals surface area contributed by atoms with Gasteiger partial charge in [-0.25, -0.2) is 0 Å². The zero-order chi connectivity index (χ0) is 13.5. The van der Waals surface area contributed by atoms with Crippen molar-refractivity contribution in [1.29, 1.82) is 0 Å². The third kappa shape index (κ3) is 4.29. The number of aliphatic hydroxyl groups excluding tert-OH is 1. The van der Waals surface area contributed by atoms with E-state index < -0.39 is 0 Å². The molecule has 0 saturated heterocycles. The number of nitrogens with zero attached hydrogens (tertiary/aromatic N) is 1. The Morgan fingerprint density at radius 2 is 2.16 bits per heavy atom. The van der Waals surface area contributed by atoms with E-state index in [9.17, 15) is 0 Å². The lowest BCUT2D eigenvalue weighted by atomic mass is 10.2. The number of ether oxygens (including phenoxy) is 1. The lowest BCUT2D eigenvalue weighted by Crippen LogP contribution is -1.96. The summed E-state index contributed by atoms with van der Waals surface area (Å²) in [6.45, 7) is 0.243. The second-order valence-electron chi connectivity index (χ2n) is 3.79. The normalized spacial score (nSPS) is 9.58. The van der Waals surface area contributed by atoms with Crippen molar-refractivity contribution in [3.05, 3.63) is 58.9 Å². The van der Waals surface area contributed by atoms with E-state index in [0.29, 0.717) is 22.9 Å². The van der Waals surface area contributed by atoms with Crippen LogP contribution in [0.25, 0.3) is 0 Å². The average molecular weight is 274 g/mol. The molecule has 0 atom stereocenters. The van der Waals surface area contributed by atoms with Crippen molar-refractivity contribution in [3.8, 4) is 17.6 Å². The van der Waals surface area contributed by atoms with E-state index in [0.717, 1.165) is 5.56 Å². The molecule has 0 unspecified atom stereocenters. The van der Waals surface area contributed by atoms with Crippen LogP contribution in [0.5, 0.6) is 5.75 Å². The second kappa shape index (κ2) is 6.79. The Morgan fingerprint density at radius 1 is 1.26 bits per heavy atom. The highest BCUT2D eigenvalue weighted by molar-refractivity contribution is 6.30. The van der Waals surface area contributed by atoms with Crippen LogP contribution in [0.15, 0.2) is 42.7 Å². The number of pyridine rings is 1. The number of hydrogen-bond acceptors (Lipinski definition) is 3. The summed E-state index contributed by atoms with van der Waals surface area (Å²) in [6.07, 6.45) is 3.24. The van der Waals surface area contributed by atoms with Crippen molar-refractivity contribution in [1.82, 2.24) is 4.98 Å². The molecule has 0 saturated carbocycles. The molecule has 2 rings (SSSR count). The average Bonchev–Trinajstić information content (AvgIpc) is 2.43. The minimum absolute atomic E-state index is 0.173. The van der Waals surface area contributed by atoms with Gasteiger partial charge in [-0.15, -0.1) is 0 Å². The minimum Gasteiger partial charge on any atom is -0.487 e. The molecule has 4 heteroatoms. The summed E-state index contributed by atoms with van der Waals surface area (Å²) in [4.78, 5) is 4.03. The Labute approximate surface area is 116 Å². The van der Waals surface area contributed by atoms with Gasteiger partial charge in [-0.2, -0.15) is 0 Å². The van der Waals surface area contributed by atoms with Crippen molar-refractivity contribution in [3.63, 3.8) is 0 Å². The summed E-state index contributed by atoms with van der Waals surface area (Å²) in [5.41, 5.74) is 1.69. The van der Waals surface area contributed by atoms with Crippen molar-refractivity contribution < 1.29 is 9.84 Å². The smallest absolute Gasteiger partial charge is 0.139 e. The van der Waals surface area contributed by atoms with Crippen LogP contribution >= 0.6 is 11.6 Å². The summed E-state index contributed by atoms with van der Waals surface area (Å²) in [7, 11) is 0. The Balaban J connectivity index is 2.03. The Bertz CT molecular complexity index is 617. The lowest BCUT2D eigenvalue weighted by molar-refractivity contribution is 0.305. The van der Waals surface area contributed by atoms with Crippen molar-refractivity contribution in [2.75, 3.05) is 6.61 Å². The third-order valence-corrected chi connectivity index (χ3v) is 2.55. The number of aliphatic hydroxyl groups is 1.